The van der Waals surface area contributed by atoms with E-state index in [1.807, 2.05) is 27.7 Å². The Kier molecular flexibility index (Phi) is 5.72. The van der Waals surface area contributed by atoms with Crippen LogP contribution >= 0.6 is 0 Å². The number of ether oxygens (including phenoxy) is 1. The first-order valence-corrected chi connectivity index (χ1v) is 5.10. The highest BCUT2D eigenvalue weighted by atomic mass is 16.5. The van der Waals surface area contributed by atoms with E-state index in [-0.39, 0.29) is 11.5 Å². The molecule has 1 atom stereocenters. The first kappa shape index (κ1) is 13.4. The largest absolute Gasteiger partial charge is 0.374 e. The van der Waals surface area contributed by atoms with Crippen molar-refractivity contribution in [2.24, 2.45) is 5.73 Å². The summed E-state index contributed by atoms with van der Waals surface area (Å²) < 4.78 is 5.44. The van der Waals surface area contributed by atoms with Crippen LogP contribution in [0.4, 0.5) is 0 Å². The van der Waals surface area contributed by atoms with Gasteiger partial charge in [0.2, 0.25) is 5.91 Å². The van der Waals surface area contributed by atoms with E-state index in [1.165, 1.54) is 0 Å². The molecule has 0 rings (SSSR count). The van der Waals surface area contributed by atoms with Crippen LogP contribution in [0.15, 0.2) is 0 Å². The lowest BCUT2D eigenvalue weighted by molar-refractivity contribution is -0.124. The molecule has 0 aromatic heterocycles. The van der Waals surface area contributed by atoms with E-state index in [9.17, 15) is 4.79 Å². The number of rotatable bonds is 6. The summed E-state index contributed by atoms with van der Waals surface area (Å²) in [5.41, 5.74) is 5.25. The van der Waals surface area contributed by atoms with Gasteiger partial charge in [-0.1, -0.05) is 6.92 Å². The number of nitrogens with two attached hydrogens (primary N) is 1. The standard InChI is InChI=1S/C10H22N2O2/c1-5-8(11)9(13)12-7-10(3,4)14-6-2/h8H,5-7,11H2,1-4H3,(H,12,13). The molecule has 0 bridgehead atoms. The highest BCUT2D eigenvalue weighted by Gasteiger charge is 2.20. The monoisotopic (exact) mass is 202 g/mol. The fraction of sp³-hybridized carbons (Fsp3) is 0.900. The molecule has 14 heavy (non-hydrogen) atoms. The minimum absolute atomic E-state index is 0.111. The second-order valence-electron chi connectivity index (χ2n) is 3.93. The smallest absolute Gasteiger partial charge is 0.237 e. The summed E-state index contributed by atoms with van der Waals surface area (Å²) in [6.07, 6.45) is 0.654. The van der Waals surface area contributed by atoms with Crippen LogP contribution in [0.3, 0.4) is 0 Å². The summed E-state index contributed by atoms with van der Waals surface area (Å²) in [7, 11) is 0. The van der Waals surface area contributed by atoms with Gasteiger partial charge in [0.1, 0.15) is 0 Å². The molecule has 0 fully saturated rings. The second kappa shape index (κ2) is 5.98. The number of carbonyl (C=O) groups is 1. The number of hydrogen-bond acceptors (Lipinski definition) is 3. The van der Waals surface area contributed by atoms with Gasteiger partial charge in [0.15, 0.2) is 0 Å². The van der Waals surface area contributed by atoms with Gasteiger partial charge in [-0.15, -0.1) is 0 Å². The van der Waals surface area contributed by atoms with Crippen LogP contribution in [-0.2, 0) is 9.53 Å². The molecule has 0 saturated heterocycles. The van der Waals surface area contributed by atoms with Gasteiger partial charge in [0.25, 0.3) is 0 Å². The maximum Gasteiger partial charge on any atom is 0.237 e. The zero-order valence-electron chi connectivity index (χ0n) is 9.59. The maximum atomic E-state index is 11.3. The molecule has 1 amide bonds. The van der Waals surface area contributed by atoms with Gasteiger partial charge in [-0.2, -0.15) is 0 Å². The van der Waals surface area contributed by atoms with Crippen molar-refractivity contribution in [2.45, 2.75) is 45.8 Å². The van der Waals surface area contributed by atoms with Crippen molar-refractivity contribution in [3.63, 3.8) is 0 Å². The van der Waals surface area contributed by atoms with Crippen molar-refractivity contribution < 1.29 is 9.53 Å². The first-order chi connectivity index (χ1) is 6.43. The molecule has 0 spiro atoms. The Balaban J connectivity index is 3.87. The van der Waals surface area contributed by atoms with Crippen molar-refractivity contribution in [1.82, 2.24) is 5.32 Å². The predicted molar refractivity (Wildman–Crippen MR) is 57.0 cm³/mol. The quantitative estimate of drug-likeness (QED) is 0.665. The molecular formula is C10H22N2O2. The van der Waals surface area contributed by atoms with E-state index >= 15 is 0 Å². The number of carbonyl (C=O) groups excluding carboxylic acids is 1. The van der Waals surface area contributed by atoms with E-state index in [1.54, 1.807) is 0 Å². The molecule has 3 N–H and O–H groups in total. The Morgan fingerprint density at radius 1 is 1.50 bits per heavy atom. The molecule has 0 radical (unpaired) electrons. The third-order valence-electron chi connectivity index (χ3n) is 2.00. The van der Waals surface area contributed by atoms with Gasteiger partial charge >= 0.3 is 0 Å². The van der Waals surface area contributed by atoms with Crippen LogP contribution in [0.5, 0.6) is 0 Å². The van der Waals surface area contributed by atoms with Crippen molar-refractivity contribution in [2.75, 3.05) is 13.2 Å². The molecule has 4 heteroatoms. The summed E-state index contributed by atoms with van der Waals surface area (Å²) in [4.78, 5) is 11.3. The van der Waals surface area contributed by atoms with Gasteiger partial charge in [0.05, 0.1) is 11.6 Å². The van der Waals surface area contributed by atoms with Gasteiger partial charge in [-0.25, -0.2) is 0 Å². The lowest BCUT2D eigenvalue weighted by Gasteiger charge is -2.25. The van der Waals surface area contributed by atoms with E-state index in [0.717, 1.165) is 0 Å². The molecule has 1 unspecified atom stereocenters. The van der Waals surface area contributed by atoms with E-state index in [0.29, 0.717) is 19.6 Å². The Labute approximate surface area is 86.2 Å². The Hall–Kier alpha value is -0.610. The fourth-order valence-corrected chi connectivity index (χ4v) is 1.06. The molecule has 0 aromatic carbocycles. The summed E-state index contributed by atoms with van der Waals surface area (Å²) in [6.45, 7) is 8.83. The van der Waals surface area contributed by atoms with Crippen LogP contribution in [-0.4, -0.2) is 30.7 Å². The molecule has 0 aliphatic heterocycles. The summed E-state index contributed by atoms with van der Waals surface area (Å²) in [5, 5.41) is 2.77. The highest BCUT2D eigenvalue weighted by molar-refractivity contribution is 5.81. The molecule has 4 nitrogen and oxygen atoms in total. The third-order valence-corrected chi connectivity index (χ3v) is 2.00. The predicted octanol–water partition coefficient (Wildman–Crippen LogP) is 0.655. The van der Waals surface area contributed by atoms with Crippen LogP contribution in [0.2, 0.25) is 0 Å². The Morgan fingerprint density at radius 3 is 2.50 bits per heavy atom. The third kappa shape index (κ3) is 5.19. The molecule has 0 aliphatic carbocycles. The van der Waals surface area contributed by atoms with Gasteiger partial charge in [-0.3, -0.25) is 4.79 Å². The lowest BCUT2D eigenvalue weighted by atomic mass is 10.1. The van der Waals surface area contributed by atoms with Crippen molar-refractivity contribution in [3.8, 4) is 0 Å². The minimum Gasteiger partial charge on any atom is -0.374 e. The van der Waals surface area contributed by atoms with Crippen molar-refractivity contribution >= 4 is 5.91 Å². The number of nitrogens with one attached hydrogen (secondary N) is 1. The maximum absolute atomic E-state index is 11.3. The molecule has 0 heterocycles. The Bertz CT molecular complexity index is 181. The normalized spacial score (nSPS) is 13.8. The van der Waals surface area contributed by atoms with Crippen molar-refractivity contribution in [1.29, 1.82) is 0 Å². The average molecular weight is 202 g/mol. The van der Waals surface area contributed by atoms with Crippen LogP contribution in [0.1, 0.15) is 34.1 Å². The van der Waals surface area contributed by atoms with E-state index in [2.05, 4.69) is 5.32 Å². The first-order valence-electron chi connectivity index (χ1n) is 5.10. The molecular weight excluding hydrogens is 180 g/mol. The summed E-state index contributed by atoms with van der Waals surface area (Å²) in [6, 6.07) is -0.410. The van der Waals surface area contributed by atoms with Gasteiger partial charge < -0.3 is 15.8 Å². The van der Waals surface area contributed by atoms with E-state index < -0.39 is 6.04 Å². The number of hydrogen-bond donors (Lipinski definition) is 2. The average Bonchev–Trinajstić information content (AvgIpc) is 2.13. The Morgan fingerprint density at radius 2 is 2.07 bits per heavy atom. The minimum atomic E-state index is -0.410. The number of amides is 1. The van der Waals surface area contributed by atoms with Gasteiger partial charge in [0, 0.05) is 13.2 Å². The van der Waals surface area contributed by atoms with Gasteiger partial charge in [-0.05, 0) is 27.2 Å². The second-order valence-corrected chi connectivity index (χ2v) is 3.93. The summed E-state index contributed by atoms with van der Waals surface area (Å²) >= 11 is 0. The fourth-order valence-electron chi connectivity index (χ4n) is 1.06. The van der Waals surface area contributed by atoms with E-state index in [4.69, 9.17) is 10.5 Å². The summed E-state index contributed by atoms with van der Waals surface area (Å²) in [5.74, 6) is -0.111. The lowest BCUT2D eigenvalue weighted by Crippen LogP contribution is -2.46. The van der Waals surface area contributed by atoms with Crippen LogP contribution in [0, 0.1) is 0 Å². The molecule has 0 saturated carbocycles. The zero-order chi connectivity index (χ0) is 11.2. The molecule has 0 aliphatic rings. The highest BCUT2D eigenvalue weighted by Crippen LogP contribution is 2.06. The molecule has 0 aromatic rings. The SMILES string of the molecule is CCOC(C)(C)CNC(=O)C(N)CC. The zero-order valence-corrected chi connectivity index (χ0v) is 9.59. The van der Waals surface area contributed by atoms with Crippen LogP contribution < -0.4 is 11.1 Å². The van der Waals surface area contributed by atoms with Crippen LogP contribution in [0.25, 0.3) is 0 Å². The van der Waals surface area contributed by atoms with Crippen molar-refractivity contribution in [3.05, 3.63) is 0 Å². The molecule has 84 valence electrons. The topological polar surface area (TPSA) is 64.3 Å².